The van der Waals surface area contributed by atoms with Crippen LogP contribution in [0.15, 0.2) is 29.9 Å². The fourth-order valence-corrected chi connectivity index (χ4v) is 3.21. The summed E-state index contributed by atoms with van der Waals surface area (Å²) in [7, 11) is 0. The normalized spacial score (nSPS) is 15.6. The average Bonchev–Trinajstić information content (AvgIpc) is 3.04. The molecular weight excluding hydrogens is 274 g/mol. The number of fused-ring (bicyclic) bond motifs is 1. The Labute approximate surface area is 120 Å². The van der Waals surface area contributed by atoms with Crippen LogP contribution >= 0.6 is 11.3 Å². The molecular formula is C14H15N3O2S. The monoisotopic (exact) mass is 289 g/mol. The molecule has 0 radical (unpaired) electrons. The third-order valence-corrected chi connectivity index (χ3v) is 4.24. The third kappa shape index (κ3) is 2.97. The van der Waals surface area contributed by atoms with Gasteiger partial charge in [0.15, 0.2) is 0 Å². The third-order valence-electron chi connectivity index (χ3n) is 3.30. The van der Waals surface area contributed by atoms with Gasteiger partial charge in [-0.25, -0.2) is 9.78 Å². The van der Waals surface area contributed by atoms with Crippen molar-refractivity contribution in [2.45, 2.75) is 19.6 Å². The highest BCUT2D eigenvalue weighted by Crippen LogP contribution is 2.20. The molecule has 0 aromatic carbocycles. The SMILES string of the molecule is O=C(O)C=Cc1csc(CN2CCn3ccnc3C2)c1. The van der Waals surface area contributed by atoms with Crippen molar-refractivity contribution in [2.24, 2.45) is 0 Å². The van der Waals surface area contributed by atoms with Crippen molar-refractivity contribution in [1.82, 2.24) is 14.5 Å². The Kier molecular flexibility index (Phi) is 3.66. The molecule has 2 aromatic heterocycles. The van der Waals surface area contributed by atoms with Crippen LogP contribution in [-0.4, -0.2) is 32.1 Å². The predicted molar refractivity (Wildman–Crippen MR) is 77.3 cm³/mol. The lowest BCUT2D eigenvalue weighted by Crippen LogP contribution is -2.32. The van der Waals surface area contributed by atoms with Gasteiger partial charge < -0.3 is 9.67 Å². The van der Waals surface area contributed by atoms with Crippen molar-refractivity contribution in [3.63, 3.8) is 0 Å². The highest BCUT2D eigenvalue weighted by atomic mass is 32.1. The van der Waals surface area contributed by atoms with Gasteiger partial charge in [-0.15, -0.1) is 11.3 Å². The summed E-state index contributed by atoms with van der Waals surface area (Å²) in [6.07, 6.45) is 6.67. The van der Waals surface area contributed by atoms with Gasteiger partial charge in [-0.3, -0.25) is 4.90 Å². The van der Waals surface area contributed by atoms with Gasteiger partial charge in [0.25, 0.3) is 0 Å². The summed E-state index contributed by atoms with van der Waals surface area (Å²) >= 11 is 1.67. The van der Waals surface area contributed by atoms with Crippen LogP contribution in [-0.2, 0) is 24.4 Å². The minimum atomic E-state index is -0.916. The molecule has 0 aliphatic carbocycles. The molecule has 0 bridgehead atoms. The molecule has 0 saturated heterocycles. The largest absolute Gasteiger partial charge is 0.478 e. The smallest absolute Gasteiger partial charge is 0.328 e. The van der Waals surface area contributed by atoms with Crippen molar-refractivity contribution in [3.8, 4) is 0 Å². The summed E-state index contributed by atoms with van der Waals surface area (Å²) < 4.78 is 2.19. The summed E-state index contributed by atoms with van der Waals surface area (Å²) in [5.74, 6) is 0.194. The molecule has 1 aliphatic heterocycles. The summed E-state index contributed by atoms with van der Waals surface area (Å²) in [5, 5.41) is 10.6. The fourth-order valence-electron chi connectivity index (χ4n) is 2.31. The summed E-state index contributed by atoms with van der Waals surface area (Å²) in [4.78, 5) is 18.4. The number of aromatic nitrogens is 2. The molecule has 1 aliphatic rings. The molecule has 104 valence electrons. The molecule has 3 heterocycles. The van der Waals surface area contributed by atoms with Gasteiger partial charge in [0.1, 0.15) is 5.82 Å². The molecule has 1 N–H and O–H groups in total. The van der Waals surface area contributed by atoms with Crippen LogP contribution in [0.4, 0.5) is 0 Å². The fraction of sp³-hybridized carbons (Fsp3) is 0.286. The second-order valence-electron chi connectivity index (χ2n) is 4.77. The van der Waals surface area contributed by atoms with E-state index in [2.05, 4.69) is 14.5 Å². The zero-order valence-electron chi connectivity index (χ0n) is 10.9. The van der Waals surface area contributed by atoms with Gasteiger partial charge in [0.05, 0.1) is 6.54 Å². The highest BCUT2D eigenvalue weighted by molar-refractivity contribution is 7.10. The number of hydrogen-bond acceptors (Lipinski definition) is 4. The van der Waals surface area contributed by atoms with Crippen molar-refractivity contribution in [3.05, 3.63) is 46.2 Å². The van der Waals surface area contributed by atoms with E-state index in [9.17, 15) is 4.79 Å². The number of rotatable bonds is 4. The molecule has 0 saturated carbocycles. The molecule has 0 unspecified atom stereocenters. The van der Waals surface area contributed by atoms with E-state index >= 15 is 0 Å². The van der Waals surface area contributed by atoms with Crippen LogP contribution in [0.1, 0.15) is 16.3 Å². The Morgan fingerprint density at radius 3 is 3.25 bits per heavy atom. The molecule has 0 atom stereocenters. The van der Waals surface area contributed by atoms with Crippen LogP contribution in [0, 0.1) is 0 Å². The van der Waals surface area contributed by atoms with E-state index in [1.54, 1.807) is 17.4 Å². The molecule has 5 nitrogen and oxygen atoms in total. The maximum Gasteiger partial charge on any atom is 0.328 e. The first-order valence-corrected chi connectivity index (χ1v) is 7.29. The molecule has 3 rings (SSSR count). The molecule has 0 amide bonds. The summed E-state index contributed by atoms with van der Waals surface area (Å²) in [5.41, 5.74) is 0.950. The second-order valence-corrected chi connectivity index (χ2v) is 5.76. The van der Waals surface area contributed by atoms with Crippen LogP contribution in [0.25, 0.3) is 6.08 Å². The first-order valence-electron chi connectivity index (χ1n) is 6.41. The minimum Gasteiger partial charge on any atom is -0.478 e. The Balaban J connectivity index is 1.63. The molecule has 2 aromatic rings. The van der Waals surface area contributed by atoms with Crippen LogP contribution in [0.5, 0.6) is 0 Å². The van der Waals surface area contributed by atoms with E-state index in [0.29, 0.717) is 0 Å². The summed E-state index contributed by atoms with van der Waals surface area (Å²) in [6, 6.07) is 2.05. The first kappa shape index (κ1) is 13.1. The highest BCUT2D eigenvalue weighted by Gasteiger charge is 2.16. The predicted octanol–water partition coefficient (Wildman–Crippen LogP) is 2.06. The number of aliphatic carboxylic acids is 1. The number of carbonyl (C=O) groups is 1. The Hall–Kier alpha value is -1.92. The van der Waals surface area contributed by atoms with Crippen molar-refractivity contribution < 1.29 is 9.90 Å². The standard InChI is InChI=1S/C14H15N3O2S/c18-14(19)2-1-11-7-12(20-10-11)8-16-5-6-17-4-3-15-13(17)9-16/h1-4,7,10H,5-6,8-9H2,(H,18,19). The lowest BCUT2D eigenvalue weighted by atomic mass is 10.2. The average molecular weight is 289 g/mol. The van der Waals surface area contributed by atoms with Crippen molar-refractivity contribution in [2.75, 3.05) is 6.54 Å². The maximum atomic E-state index is 10.5. The molecule has 20 heavy (non-hydrogen) atoms. The van der Waals surface area contributed by atoms with Gasteiger partial charge in [-0.1, -0.05) is 0 Å². The number of hydrogen-bond donors (Lipinski definition) is 1. The minimum absolute atomic E-state index is 0.866. The van der Waals surface area contributed by atoms with Crippen LogP contribution < -0.4 is 0 Å². The van der Waals surface area contributed by atoms with Gasteiger partial charge >= 0.3 is 5.97 Å². The van der Waals surface area contributed by atoms with Crippen LogP contribution in [0.3, 0.4) is 0 Å². The molecule has 0 fully saturated rings. The lowest BCUT2D eigenvalue weighted by Gasteiger charge is -2.26. The molecule has 6 heteroatoms. The van der Waals surface area contributed by atoms with Gasteiger partial charge in [0, 0.05) is 43.0 Å². The quantitative estimate of drug-likeness (QED) is 0.875. The number of carboxylic acids is 1. The van der Waals surface area contributed by atoms with Crippen molar-refractivity contribution in [1.29, 1.82) is 0 Å². The Bertz CT molecular complexity index is 644. The zero-order chi connectivity index (χ0) is 13.9. The van der Waals surface area contributed by atoms with E-state index in [1.165, 1.54) is 11.0 Å². The van der Waals surface area contributed by atoms with E-state index in [0.717, 1.165) is 37.6 Å². The maximum absolute atomic E-state index is 10.5. The first-order chi connectivity index (χ1) is 9.70. The number of thiophene rings is 1. The van der Waals surface area contributed by atoms with Crippen molar-refractivity contribution >= 4 is 23.4 Å². The topological polar surface area (TPSA) is 58.4 Å². The van der Waals surface area contributed by atoms with Gasteiger partial charge in [-0.05, 0) is 23.1 Å². The van der Waals surface area contributed by atoms with Gasteiger partial charge in [0.2, 0.25) is 0 Å². The summed E-state index contributed by atoms with van der Waals surface area (Å²) in [6.45, 7) is 3.75. The Morgan fingerprint density at radius 2 is 2.40 bits per heavy atom. The van der Waals surface area contributed by atoms with E-state index in [4.69, 9.17) is 5.11 Å². The van der Waals surface area contributed by atoms with E-state index in [1.807, 2.05) is 23.8 Å². The Morgan fingerprint density at radius 1 is 1.50 bits per heavy atom. The van der Waals surface area contributed by atoms with Crippen LogP contribution in [0.2, 0.25) is 0 Å². The van der Waals surface area contributed by atoms with E-state index < -0.39 is 5.97 Å². The number of carboxylic acid groups (broad SMARTS) is 1. The van der Waals surface area contributed by atoms with Gasteiger partial charge in [-0.2, -0.15) is 0 Å². The van der Waals surface area contributed by atoms with E-state index in [-0.39, 0.29) is 0 Å². The molecule has 0 spiro atoms. The zero-order valence-corrected chi connectivity index (χ0v) is 11.7. The second kappa shape index (κ2) is 5.60. The number of nitrogens with zero attached hydrogens (tertiary/aromatic N) is 3. The number of imidazole rings is 1. The lowest BCUT2D eigenvalue weighted by molar-refractivity contribution is -0.131.